The van der Waals surface area contributed by atoms with E-state index in [-0.39, 0.29) is 29.2 Å². The maximum atomic E-state index is 12.7. The number of sulfone groups is 1. The quantitative estimate of drug-likeness (QED) is 0.736. The first-order chi connectivity index (χ1) is 14.2. The van der Waals surface area contributed by atoms with Gasteiger partial charge in [-0.15, -0.1) is 0 Å². The third-order valence-electron chi connectivity index (χ3n) is 4.94. The van der Waals surface area contributed by atoms with E-state index >= 15 is 0 Å². The fourth-order valence-corrected chi connectivity index (χ4v) is 4.42. The van der Waals surface area contributed by atoms with Gasteiger partial charge in [0.25, 0.3) is 5.91 Å². The second-order valence-electron chi connectivity index (χ2n) is 7.81. The Labute approximate surface area is 177 Å². The maximum absolute atomic E-state index is 12.7. The van der Waals surface area contributed by atoms with Crippen LogP contribution in [0.5, 0.6) is 0 Å². The monoisotopic (exact) mass is 429 g/mol. The van der Waals surface area contributed by atoms with Crippen LogP contribution >= 0.6 is 0 Å². The molecule has 1 heterocycles. The zero-order valence-electron chi connectivity index (χ0n) is 17.2. The lowest BCUT2D eigenvalue weighted by Crippen LogP contribution is -2.39. The summed E-state index contributed by atoms with van der Waals surface area (Å²) >= 11 is 0. The molecule has 1 fully saturated rings. The minimum Gasteiger partial charge on any atom is -0.326 e. The molecule has 2 aromatic rings. The van der Waals surface area contributed by atoms with Crippen LogP contribution in [0.1, 0.15) is 29.8 Å². The number of carbonyl (C=O) groups excluding carboxylic acids is 2. The summed E-state index contributed by atoms with van der Waals surface area (Å²) in [6.45, 7) is 5.25. The summed E-state index contributed by atoms with van der Waals surface area (Å²) in [5.74, 6) is -0.110. The standard InChI is InChI=1S/C22H27N3O4S/c1-16(2)21(26)23-19-7-4-8-20(14-19)24-22(27)18-6-3-5-17(13-18)15-25-9-11-30(28,29)12-10-25/h3-8,13-14,16H,9-12,15H2,1-2H3,(H,23,26)(H,24,27). The van der Waals surface area contributed by atoms with Crippen molar-refractivity contribution in [1.82, 2.24) is 4.90 Å². The van der Waals surface area contributed by atoms with Gasteiger partial charge in [0.05, 0.1) is 11.5 Å². The second kappa shape index (κ2) is 9.40. The number of rotatable bonds is 6. The van der Waals surface area contributed by atoms with Gasteiger partial charge in [-0.25, -0.2) is 8.42 Å². The van der Waals surface area contributed by atoms with Crippen LogP contribution in [0, 0.1) is 5.92 Å². The van der Waals surface area contributed by atoms with E-state index in [9.17, 15) is 18.0 Å². The molecule has 0 radical (unpaired) electrons. The highest BCUT2D eigenvalue weighted by Crippen LogP contribution is 2.18. The molecule has 0 spiro atoms. The van der Waals surface area contributed by atoms with Gasteiger partial charge in [0.15, 0.2) is 9.84 Å². The van der Waals surface area contributed by atoms with E-state index in [4.69, 9.17) is 0 Å². The Morgan fingerprint density at radius 1 is 0.967 bits per heavy atom. The minimum absolute atomic E-state index is 0.0864. The molecule has 0 saturated carbocycles. The highest BCUT2D eigenvalue weighted by molar-refractivity contribution is 7.91. The summed E-state index contributed by atoms with van der Waals surface area (Å²) in [4.78, 5) is 26.6. The molecule has 2 amide bonds. The van der Waals surface area contributed by atoms with E-state index in [0.717, 1.165) is 5.56 Å². The Balaban J connectivity index is 1.63. The van der Waals surface area contributed by atoms with E-state index in [1.54, 1.807) is 30.3 Å². The lowest BCUT2D eigenvalue weighted by Gasteiger charge is -2.26. The van der Waals surface area contributed by atoms with Gasteiger partial charge in [0.2, 0.25) is 5.91 Å². The van der Waals surface area contributed by atoms with Crippen molar-refractivity contribution >= 4 is 33.0 Å². The van der Waals surface area contributed by atoms with Crippen LogP contribution in [0.4, 0.5) is 11.4 Å². The van der Waals surface area contributed by atoms with Crippen LogP contribution in [0.15, 0.2) is 48.5 Å². The third-order valence-corrected chi connectivity index (χ3v) is 6.55. The summed E-state index contributed by atoms with van der Waals surface area (Å²) in [6.07, 6.45) is 0. The number of carbonyl (C=O) groups is 2. The first-order valence-electron chi connectivity index (χ1n) is 9.96. The van der Waals surface area contributed by atoms with E-state index in [2.05, 4.69) is 15.5 Å². The van der Waals surface area contributed by atoms with Gasteiger partial charge < -0.3 is 10.6 Å². The van der Waals surface area contributed by atoms with Crippen molar-refractivity contribution in [3.05, 3.63) is 59.7 Å². The molecule has 160 valence electrons. The Hall–Kier alpha value is -2.71. The lowest BCUT2D eigenvalue weighted by molar-refractivity contribution is -0.118. The van der Waals surface area contributed by atoms with Crippen molar-refractivity contribution in [2.75, 3.05) is 35.2 Å². The average Bonchev–Trinajstić information content (AvgIpc) is 2.70. The number of nitrogens with one attached hydrogen (secondary N) is 2. The van der Waals surface area contributed by atoms with E-state index < -0.39 is 9.84 Å². The number of nitrogens with zero attached hydrogens (tertiary/aromatic N) is 1. The number of amides is 2. The van der Waals surface area contributed by atoms with Crippen molar-refractivity contribution < 1.29 is 18.0 Å². The van der Waals surface area contributed by atoms with Gasteiger partial charge in [-0.1, -0.05) is 32.0 Å². The summed E-state index contributed by atoms with van der Waals surface area (Å²) in [5, 5.41) is 5.68. The van der Waals surface area contributed by atoms with Crippen LogP contribution in [0.3, 0.4) is 0 Å². The van der Waals surface area contributed by atoms with Crippen LogP contribution < -0.4 is 10.6 Å². The van der Waals surface area contributed by atoms with E-state index in [1.807, 2.05) is 32.0 Å². The molecule has 1 aliphatic heterocycles. The first-order valence-corrected chi connectivity index (χ1v) is 11.8. The SMILES string of the molecule is CC(C)C(=O)Nc1cccc(NC(=O)c2cccc(CN3CCS(=O)(=O)CC3)c2)c1. The summed E-state index contributed by atoms with van der Waals surface area (Å²) < 4.78 is 23.2. The highest BCUT2D eigenvalue weighted by Gasteiger charge is 2.21. The van der Waals surface area contributed by atoms with Crippen LogP contribution in [0.2, 0.25) is 0 Å². The first kappa shape index (κ1) is 22.0. The largest absolute Gasteiger partial charge is 0.326 e. The summed E-state index contributed by atoms with van der Waals surface area (Å²) in [7, 11) is -2.91. The van der Waals surface area contributed by atoms with E-state index in [0.29, 0.717) is 36.6 Å². The fraction of sp³-hybridized carbons (Fsp3) is 0.364. The fourth-order valence-electron chi connectivity index (χ4n) is 3.14. The molecule has 3 rings (SSSR count). The van der Waals surface area contributed by atoms with Crippen molar-refractivity contribution in [3.63, 3.8) is 0 Å². The molecule has 0 atom stereocenters. The Morgan fingerprint density at radius 2 is 1.60 bits per heavy atom. The van der Waals surface area contributed by atoms with Crippen LogP contribution in [-0.2, 0) is 21.2 Å². The molecule has 8 heteroatoms. The second-order valence-corrected chi connectivity index (χ2v) is 10.1. The van der Waals surface area contributed by atoms with Gasteiger partial charge >= 0.3 is 0 Å². The van der Waals surface area contributed by atoms with Gasteiger partial charge in [0.1, 0.15) is 0 Å². The summed E-state index contributed by atoms with van der Waals surface area (Å²) in [6, 6.07) is 14.3. The number of hydrogen-bond acceptors (Lipinski definition) is 5. The number of benzene rings is 2. The molecular formula is C22H27N3O4S. The van der Waals surface area contributed by atoms with Gasteiger partial charge in [-0.05, 0) is 35.9 Å². The molecular weight excluding hydrogens is 402 g/mol. The Bertz CT molecular complexity index is 1020. The Kier molecular flexibility index (Phi) is 6.89. The predicted molar refractivity (Wildman–Crippen MR) is 118 cm³/mol. The number of hydrogen-bond donors (Lipinski definition) is 2. The normalized spacial score (nSPS) is 16.2. The molecule has 7 nitrogen and oxygen atoms in total. The smallest absolute Gasteiger partial charge is 0.255 e. The minimum atomic E-state index is -2.91. The zero-order valence-corrected chi connectivity index (χ0v) is 18.0. The van der Waals surface area contributed by atoms with Crippen molar-refractivity contribution in [2.45, 2.75) is 20.4 Å². The molecule has 2 N–H and O–H groups in total. The van der Waals surface area contributed by atoms with Gasteiger partial charge in [0, 0.05) is 42.5 Å². The van der Waals surface area contributed by atoms with Crippen molar-refractivity contribution in [3.8, 4) is 0 Å². The zero-order chi connectivity index (χ0) is 21.7. The molecule has 2 aromatic carbocycles. The molecule has 1 aliphatic rings. The third kappa shape index (κ3) is 6.14. The van der Waals surface area contributed by atoms with E-state index in [1.165, 1.54) is 0 Å². The molecule has 0 bridgehead atoms. The Morgan fingerprint density at radius 3 is 2.27 bits per heavy atom. The van der Waals surface area contributed by atoms with Gasteiger partial charge in [-0.2, -0.15) is 0 Å². The molecule has 0 unspecified atom stereocenters. The van der Waals surface area contributed by atoms with Crippen LogP contribution in [-0.4, -0.2) is 49.7 Å². The molecule has 0 aliphatic carbocycles. The molecule has 1 saturated heterocycles. The maximum Gasteiger partial charge on any atom is 0.255 e. The van der Waals surface area contributed by atoms with Crippen molar-refractivity contribution in [1.29, 1.82) is 0 Å². The highest BCUT2D eigenvalue weighted by atomic mass is 32.2. The lowest BCUT2D eigenvalue weighted by atomic mass is 10.1. The van der Waals surface area contributed by atoms with Gasteiger partial charge in [-0.3, -0.25) is 14.5 Å². The summed E-state index contributed by atoms with van der Waals surface area (Å²) in [5.41, 5.74) is 2.70. The molecule has 0 aromatic heterocycles. The number of anilines is 2. The topological polar surface area (TPSA) is 95.6 Å². The predicted octanol–water partition coefficient (Wildman–Crippen LogP) is 2.76. The molecule has 30 heavy (non-hydrogen) atoms. The van der Waals surface area contributed by atoms with Crippen LogP contribution in [0.25, 0.3) is 0 Å². The van der Waals surface area contributed by atoms with Crippen molar-refractivity contribution in [2.24, 2.45) is 5.92 Å². The average molecular weight is 430 g/mol.